The van der Waals surface area contributed by atoms with Crippen LogP contribution < -0.4 is 0 Å². The molecular formula is C46H41IrN3O-2. The van der Waals surface area contributed by atoms with Crippen molar-refractivity contribution in [1.29, 1.82) is 0 Å². The molecule has 0 fully saturated rings. The molecule has 5 heteroatoms. The molecule has 0 atom stereocenters. The fourth-order valence-electron chi connectivity index (χ4n) is 6.20. The SMILES string of the molecule is CC(C)(C)c1ccc2cc(Cc3ccnc(-c4[c-]c5ccoc5c5ncccc45)c3)ccc2c1.Cc1c[c-]c(-c2cc(C)c(C)cn2)cc1C.[Ir]. The molecule has 0 aliphatic heterocycles. The summed E-state index contributed by atoms with van der Waals surface area (Å²) >= 11 is 0. The molecule has 8 rings (SSSR count). The summed E-state index contributed by atoms with van der Waals surface area (Å²) in [6.07, 6.45) is 8.14. The third-order valence-electron chi connectivity index (χ3n) is 9.55. The van der Waals surface area contributed by atoms with Gasteiger partial charge in [0.2, 0.25) is 0 Å². The average Bonchev–Trinajstić information content (AvgIpc) is 3.59. The Morgan fingerprint density at radius 1 is 0.686 bits per heavy atom. The molecule has 4 nitrogen and oxygen atoms in total. The van der Waals surface area contributed by atoms with Gasteiger partial charge in [0.1, 0.15) is 0 Å². The summed E-state index contributed by atoms with van der Waals surface area (Å²) in [6, 6.07) is 36.8. The van der Waals surface area contributed by atoms with E-state index in [9.17, 15) is 0 Å². The molecule has 0 bridgehead atoms. The first-order chi connectivity index (χ1) is 24.0. The number of pyridine rings is 3. The van der Waals surface area contributed by atoms with E-state index in [1.54, 1.807) is 12.5 Å². The van der Waals surface area contributed by atoms with Crippen LogP contribution in [0.25, 0.3) is 55.2 Å². The van der Waals surface area contributed by atoms with E-state index in [0.29, 0.717) is 0 Å². The minimum atomic E-state index is 0. The van der Waals surface area contributed by atoms with Crippen molar-refractivity contribution in [2.75, 3.05) is 0 Å². The first kappa shape index (κ1) is 35.9. The largest absolute Gasteiger partial charge is 0.506 e. The van der Waals surface area contributed by atoms with E-state index in [-0.39, 0.29) is 25.5 Å². The van der Waals surface area contributed by atoms with E-state index in [2.05, 4.69) is 142 Å². The number of furan rings is 1. The van der Waals surface area contributed by atoms with Gasteiger partial charge in [-0.3, -0.25) is 9.97 Å². The molecule has 0 spiro atoms. The van der Waals surface area contributed by atoms with E-state index in [4.69, 9.17) is 4.42 Å². The summed E-state index contributed by atoms with van der Waals surface area (Å²) in [7, 11) is 0. The predicted molar refractivity (Wildman–Crippen MR) is 206 cm³/mol. The van der Waals surface area contributed by atoms with Crippen LogP contribution in [0, 0.1) is 39.8 Å². The molecule has 0 aliphatic rings. The molecule has 0 N–H and O–H groups in total. The van der Waals surface area contributed by atoms with Crippen LogP contribution in [0.5, 0.6) is 0 Å². The third kappa shape index (κ3) is 7.71. The molecule has 8 aromatic rings. The Morgan fingerprint density at radius 2 is 1.45 bits per heavy atom. The smallest absolute Gasteiger partial charge is 0.0847 e. The van der Waals surface area contributed by atoms with Crippen LogP contribution in [-0.2, 0) is 31.9 Å². The zero-order valence-corrected chi connectivity index (χ0v) is 32.6. The van der Waals surface area contributed by atoms with Crippen LogP contribution >= 0.6 is 0 Å². The van der Waals surface area contributed by atoms with Crippen LogP contribution in [0.2, 0.25) is 0 Å². The first-order valence-electron chi connectivity index (χ1n) is 17.1. The van der Waals surface area contributed by atoms with Crippen molar-refractivity contribution in [3.8, 4) is 22.5 Å². The second kappa shape index (κ2) is 14.7. The van der Waals surface area contributed by atoms with Gasteiger partial charge in [-0.05, 0) is 70.5 Å². The summed E-state index contributed by atoms with van der Waals surface area (Å²) in [6.45, 7) is 15.2. The van der Waals surface area contributed by atoms with E-state index >= 15 is 0 Å². The number of aromatic nitrogens is 3. The Balaban J connectivity index is 0.000000222. The summed E-state index contributed by atoms with van der Waals surface area (Å²) in [4.78, 5) is 13.7. The molecule has 0 amide bonds. The monoisotopic (exact) mass is 844 g/mol. The van der Waals surface area contributed by atoms with Crippen molar-refractivity contribution in [3.05, 3.63) is 161 Å². The Hall–Kier alpha value is -4.96. The van der Waals surface area contributed by atoms with Crippen LogP contribution in [0.3, 0.4) is 0 Å². The molecule has 0 aliphatic carbocycles. The Bertz CT molecular complexity index is 2460. The van der Waals surface area contributed by atoms with Gasteiger partial charge in [-0.1, -0.05) is 123 Å². The maximum absolute atomic E-state index is 5.67. The van der Waals surface area contributed by atoms with Crippen molar-refractivity contribution in [2.45, 2.75) is 60.3 Å². The number of hydrogen-bond acceptors (Lipinski definition) is 4. The topological polar surface area (TPSA) is 51.8 Å². The van der Waals surface area contributed by atoms with Crippen LogP contribution in [-0.4, -0.2) is 15.0 Å². The molecule has 1 radical (unpaired) electrons. The van der Waals surface area contributed by atoms with Gasteiger partial charge in [-0.15, -0.1) is 41.0 Å². The molecule has 4 heterocycles. The summed E-state index contributed by atoms with van der Waals surface area (Å²) in [5, 5.41) is 4.47. The van der Waals surface area contributed by atoms with Crippen LogP contribution in [0.4, 0.5) is 0 Å². The minimum Gasteiger partial charge on any atom is -0.506 e. The van der Waals surface area contributed by atoms with Crippen molar-refractivity contribution in [1.82, 2.24) is 15.0 Å². The third-order valence-corrected chi connectivity index (χ3v) is 9.55. The average molecular weight is 844 g/mol. The zero-order chi connectivity index (χ0) is 35.0. The Labute approximate surface area is 314 Å². The van der Waals surface area contributed by atoms with Gasteiger partial charge < -0.3 is 9.40 Å². The van der Waals surface area contributed by atoms with Gasteiger partial charge in [0.25, 0.3) is 0 Å². The maximum Gasteiger partial charge on any atom is 0.0847 e. The van der Waals surface area contributed by atoms with Crippen LogP contribution in [0.15, 0.2) is 114 Å². The minimum absolute atomic E-state index is 0. The Morgan fingerprint density at radius 3 is 2.24 bits per heavy atom. The molecule has 257 valence electrons. The van der Waals surface area contributed by atoms with E-state index in [1.165, 1.54) is 49.7 Å². The summed E-state index contributed by atoms with van der Waals surface area (Å²) < 4.78 is 5.67. The maximum atomic E-state index is 5.67. The summed E-state index contributed by atoms with van der Waals surface area (Å²) in [5.74, 6) is 0. The van der Waals surface area contributed by atoms with Gasteiger partial charge in [-0.2, -0.15) is 0 Å². The number of fused-ring (bicyclic) bond motifs is 4. The van der Waals surface area contributed by atoms with Gasteiger partial charge in [-0.25, -0.2) is 0 Å². The number of rotatable bonds is 4. The normalized spacial score (nSPS) is 11.4. The second-order valence-electron chi connectivity index (χ2n) is 14.3. The van der Waals surface area contributed by atoms with Gasteiger partial charge >= 0.3 is 0 Å². The molecule has 0 unspecified atom stereocenters. The second-order valence-corrected chi connectivity index (χ2v) is 14.3. The fraction of sp³-hybridized carbons (Fsp3) is 0.196. The zero-order valence-electron chi connectivity index (χ0n) is 30.2. The van der Waals surface area contributed by atoms with Gasteiger partial charge in [0.15, 0.2) is 0 Å². The Kier molecular flexibility index (Phi) is 10.3. The molecule has 0 saturated carbocycles. The first-order valence-corrected chi connectivity index (χ1v) is 17.1. The van der Waals surface area contributed by atoms with E-state index in [1.807, 2.05) is 30.6 Å². The molecular weight excluding hydrogens is 803 g/mol. The standard InChI is InChI=1S/C31H25N2O.C15H16N.Ir/c1-31(2,3)25-9-8-22-16-20(6-7-23(22)18-25)15-21-10-13-32-28(17-21)27-19-24-11-14-34-30(24)29-26(27)5-4-12-33-29;1-10-5-6-14(7-11(10)2)15-8-12(3)13(4)9-16-15;/h4-14,16-18H,15H2,1-3H3;5,7-9H,1-4H3;/q2*-1;. The molecule has 4 aromatic heterocycles. The fourth-order valence-corrected chi connectivity index (χ4v) is 6.20. The molecule has 4 aromatic carbocycles. The van der Waals surface area contributed by atoms with E-state index < -0.39 is 0 Å². The number of aryl methyl sites for hydroxylation is 4. The summed E-state index contributed by atoms with van der Waals surface area (Å²) in [5.41, 5.74) is 14.6. The molecule has 0 saturated heterocycles. The molecule has 51 heavy (non-hydrogen) atoms. The van der Waals surface area contributed by atoms with Crippen molar-refractivity contribution >= 4 is 32.6 Å². The van der Waals surface area contributed by atoms with Crippen molar-refractivity contribution in [2.24, 2.45) is 0 Å². The van der Waals surface area contributed by atoms with E-state index in [0.717, 1.165) is 50.8 Å². The van der Waals surface area contributed by atoms with Crippen molar-refractivity contribution in [3.63, 3.8) is 0 Å². The quantitative estimate of drug-likeness (QED) is 0.166. The predicted octanol–water partition coefficient (Wildman–Crippen LogP) is 11.7. The van der Waals surface area contributed by atoms with Gasteiger partial charge in [0, 0.05) is 56.2 Å². The van der Waals surface area contributed by atoms with Crippen LogP contribution in [0.1, 0.15) is 59.7 Å². The number of hydrogen-bond donors (Lipinski definition) is 0. The number of nitrogens with zero attached hydrogens (tertiary/aromatic N) is 3. The number of benzene rings is 4. The van der Waals surface area contributed by atoms with Crippen molar-refractivity contribution < 1.29 is 24.5 Å². The van der Waals surface area contributed by atoms with Gasteiger partial charge in [0.05, 0.1) is 5.58 Å².